The molecule has 0 unspecified atom stereocenters. The third kappa shape index (κ3) is 4.10. The number of thiol groups is 1. The first-order valence-corrected chi connectivity index (χ1v) is 5.86. The summed E-state index contributed by atoms with van der Waals surface area (Å²) in [4.78, 5) is 11.3. The molecule has 0 bridgehead atoms. The Hall–Kier alpha value is -1.50. The highest BCUT2D eigenvalue weighted by molar-refractivity contribution is 7.73. The predicted molar refractivity (Wildman–Crippen MR) is 56.6 cm³/mol. The zero-order valence-electron chi connectivity index (χ0n) is 8.64. The molecule has 0 spiro atoms. The Morgan fingerprint density at radius 1 is 1.24 bits per heavy atom. The van der Waals surface area contributed by atoms with Crippen LogP contribution in [-0.4, -0.2) is 26.2 Å². The van der Waals surface area contributed by atoms with Gasteiger partial charge in [-0.1, -0.05) is 18.2 Å². The van der Waals surface area contributed by atoms with Crippen molar-refractivity contribution in [3.63, 3.8) is 0 Å². The normalized spacial score (nSPS) is 11.5. The van der Waals surface area contributed by atoms with Gasteiger partial charge in [0.25, 0.3) is 0 Å². The Balaban J connectivity index is 2.45. The molecule has 1 rings (SSSR count). The quantitative estimate of drug-likeness (QED) is 0.645. The summed E-state index contributed by atoms with van der Waals surface area (Å²) in [6.45, 7) is -0.649. The third-order valence-electron chi connectivity index (χ3n) is 1.91. The number of alkyl halides is 2. The van der Waals surface area contributed by atoms with Crippen LogP contribution in [0.1, 0.15) is 16.8 Å². The van der Waals surface area contributed by atoms with E-state index in [1.165, 1.54) is 12.1 Å². The molecule has 0 saturated heterocycles. The molecule has 0 radical (unpaired) electrons. The van der Waals surface area contributed by atoms with Gasteiger partial charge in [-0.05, 0) is 12.1 Å². The molecule has 17 heavy (non-hydrogen) atoms. The van der Waals surface area contributed by atoms with Gasteiger partial charge in [-0.15, -0.1) is 0 Å². The smallest absolute Gasteiger partial charge is 0.346 e. The number of ether oxygens (including phenoxy) is 1. The van der Waals surface area contributed by atoms with Crippen molar-refractivity contribution >= 4 is 16.7 Å². The van der Waals surface area contributed by atoms with E-state index in [0.717, 1.165) is 0 Å². The van der Waals surface area contributed by atoms with Crippen molar-refractivity contribution in [3.05, 3.63) is 35.9 Å². The average Bonchev–Trinajstić information content (AvgIpc) is 2.29. The van der Waals surface area contributed by atoms with Crippen LogP contribution < -0.4 is 0 Å². The van der Waals surface area contributed by atoms with E-state index in [1.807, 2.05) is 0 Å². The number of hydrogen-bond acceptors (Lipinski definition) is 4. The Bertz CT molecular complexity index is 449. The average molecular weight is 264 g/mol. The Labute approximate surface area is 98.2 Å². The van der Waals surface area contributed by atoms with Gasteiger partial charge in [-0.2, -0.15) is 8.78 Å². The van der Waals surface area contributed by atoms with Crippen molar-refractivity contribution in [1.29, 1.82) is 0 Å². The highest BCUT2D eigenvalue weighted by Crippen LogP contribution is 2.19. The molecule has 0 aromatic heterocycles. The molecule has 0 aliphatic heterocycles. The second-order valence-electron chi connectivity index (χ2n) is 3.17. The highest BCUT2D eigenvalue weighted by Gasteiger charge is 2.33. The van der Waals surface area contributed by atoms with Crippen LogP contribution >= 0.6 is 0 Å². The van der Waals surface area contributed by atoms with E-state index in [4.69, 9.17) is 0 Å². The van der Waals surface area contributed by atoms with E-state index in [2.05, 4.69) is 4.74 Å². The van der Waals surface area contributed by atoms with Gasteiger partial charge in [0, 0.05) is 0 Å². The molecule has 94 valence electrons. The van der Waals surface area contributed by atoms with Gasteiger partial charge in [-0.25, -0.2) is 13.2 Å². The van der Waals surface area contributed by atoms with Crippen molar-refractivity contribution < 1.29 is 26.7 Å². The summed E-state index contributed by atoms with van der Waals surface area (Å²) >= 11 is 0. The van der Waals surface area contributed by atoms with Gasteiger partial charge in [0.1, 0.15) is 0 Å². The van der Waals surface area contributed by atoms with E-state index in [-0.39, 0.29) is 5.56 Å². The fourth-order valence-corrected chi connectivity index (χ4v) is 1.29. The fraction of sp³-hybridized carbons (Fsp3) is 0.300. The van der Waals surface area contributed by atoms with Crippen molar-refractivity contribution in [3.8, 4) is 0 Å². The third-order valence-corrected chi connectivity index (χ3v) is 2.67. The van der Waals surface area contributed by atoms with Gasteiger partial charge in [-0.3, -0.25) is 0 Å². The number of benzene rings is 1. The topological polar surface area (TPSA) is 60.4 Å². The van der Waals surface area contributed by atoms with Crippen LogP contribution in [0, 0.1) is 0 Å². The SMILES string of the molecule is O=C(OCCC(F)(F)[SH](=O)=O)c1ccccc1. The highest BCUT2D eigenvalue weighted by atomic mass is 32.2. The minimum atomic E-state index is -3.85. The molecule has 0 fully saturated rings. The second kappa shape index (κ2) is 5.72. The molecule has 1 aromatic rings. The molecular formula is C10H10F2O4S. The molecule has 0 atom stereocenters. The van der Waals surface area contributed by atoms with Gasteiger partial charge in [0.15, 0.2) is 0 Å². The van der Waals surface area contributed by atoms with Gasteiger partial charge in [0.05, 0.1) is 18.6 Å². The molecule has 1 aromatic carbocycles. The number of rotatable bonds is 5. The Kier molecular flexibility index (Phi) is 4.56. The first-order valence-electron chi connectivity index (χ1n) is 4.68. The predicted octanol–water partition coefficient (Wildman–Crippen LogP) is 1.44. The lowest BCUT2D eigenvalue weighted by Crippen LogP contribution is -2.21. The summed E-state index contributed by atoms with van der Waals surface area (Å²) in [7, 11) is -3.85. The Morgan fingerprint density at radius 2 is 1.82 bits per heavy atom. The molecular weight excluding hydrogens is 254 g/mol. The molecule has 0 N–H and O–H groups in total. The minimum absolute atomic E-state index is 0.224. The van der Waals surface area contributed by atoms with Crippen LogP contribution in [0.15, 0.2) is 30.3 Å². The lowest BCUT2D eigenvalue weighted by Gasteiger charge is -2.09. The molecule has 0 aliphatic rings. The summed E-state index contributed by atoms with van der Waals surface area (Å²) in [5.74, 6) is -0.762. The summed E-state index contributed by atoms with van der Waals surface area (Å²) in [6, 6.07) is 7.82. The van der Waals surface area contributed by atoms with E-state index >= 15 is 0 Å². The van der Waals surface area contributed by atoms with Crippen LogP contribution in [0.5, 0.6) is 0 Å². The number of esters is 1. The van der Waals surface area contributed by atoms with E-state index < -0.39 is 35.0 Å². The van der Waals surface area contributed by atoms with Crippen LogP contribution in [0.25, 0.3) is 0 Å². The molecule has 4 nitrogen and oxygen atoms in total. The lowest BCUT2D eigenvalue weighted by atomic mass is 10.2. The van der Waals surface area contributed by atoms with Gasteiger partial charge >= 0.3 is 11.2 Å². The molecule has 7 heteroatoms. The maximum absolute atomic E-state index is 12.6. The molecule has 0 amide bonds. The first-order chi connectivity index (χ1) is 7.93. The second-order valence-corrected chi connectivity index (χ2v) is 4.34. The number of carbonyl (C=O) groups is 1. The number of hydrogen-bond donors (Lipinski definition) is 1. The van der Waals surface area contributed by atoms with Crippen LogP contribution in [0.4, 0.5) is 8.78 Å². The van der Waals surface area contributed by atoms with Crippen molar-refractivity contribution in [1.82, 2.24) is 0 Å². The molecule has 0 aliphatic carbocycles. The number of carbonyl (C=O) groups excluding carboxylic acids is 1. The van der Waals surface area contributed by atoms with Crippen LogP contribution in [0.2, 0.25) is 0 Å². The Morgan fingerprint density at radius 3 is 2.35 bits per heavy atom. The molecule has 0 saturated carbocycles. The zero-order chi connectivity index (χ0) is 12.9. The summed E-state index contributed by atoms with van der Waals surface area (Å²) in [5, 5.41) is -3.84. The fourth-order valence-electron chi connectivity index (χ4n) is 1.02. The summed E-state index contributed by atoms with van der Waals surface area (Å²) < 4.78 is 50.0. The maximum Gasteiger partial charge on any atom is 0.346 e. The number of halogens is 2. The standard InChI is InChI=1S/C10H10F2O4S/c11-10(12,17(14)15)6-7-16-9(13)8-4-2-1-3-5-8/h1-5,17H,6-7H2. The maximum atomic E-state index is 12.6. The van der Waals surface area contributed by atoms with Crippen molar-refractivity contribution in [2.45, 2.75) is 11.7 Å². The molecule has 0 heterocycles. The van der Waals surface area contributed by atoms with Gasteiger partial charge in [0.2, 0.25) is 10.7 Å². The summed E-state index contributed by atoms with van der Waals surface area (Å²) in [5.41, 5.74) is 0.224. The van der Waals surface area contributed by atoms with E-state index in [1.54, 1.807) is 18.2 Å². The monoisotopic (exact) mass is 264 g/mol. The van der Waals surface area contributed by atoms with Crippen LogP contribution in [-0.2, 0) is 15.4 Å². The van der Waals surface area contributed by atoms with Crippen molar-refractivity contribution in [2.24, 2.45) is 0 Å². The first kappa shape index (κ1) is 13.6. The van der Waals surface area contributed by atoms with Gasteiger partial charge < -0.3 is 4.74 Å². The summed E-state index contributed by atoms with van der Waals surface area (Å²) in [6.07, 6.45) is -1.04. The van der Waals surface area contributed by atoms with Crippen LogP contribution in [0.3, 0.4) is 0 Å². The van der Waals surface area contributed by atoms with E-state index in [0.29, 0.717) is 0 Å². The largest absolute Gasteiger partial charge is 0.462 e. The zero-order valence-corrected chi connectivity index (χ0v) is 9.53. The lowest BCUT2D eigenvalue weighted by molar-refractivity contribution is 0.0292. The van der Waals surface area contributed by atoms with Crippen molar-refractivity contribution in [2.75, 3.05) is 6.61 Å². The van der Waals surface area contributed by atoms with E-state index in [9.17, 15) is 22.0 Å². The minimum Gasteiger partial charge on any atom is -0.462 e.